The summed E-state index contributed by atoms with van der Waals surface area (Å²) in [5.74, 6) is 2.54. The minimum absolute atomic E-state index is 0.565. The summed E-state index contributed by atoms with van der Waals surface area (Å²) in [6.07, 6.45) is 6.78. The van der Waals surface area contributed by atoms with Gasteiger partial charge in [0.2, 0.25) is 0 Å². The Balaban J connectivity index is 1.72. The lowest BCUT2D eigenvalue weighted by Gasteiger charge is -2.07. The van der Waals surface area contributed by atoms with Crippen LogP contribution in [0.3, 0.4) is 0 Å². The second kappa shape index (κ2) is 7.43. The molecule has 2 heterocycles. The van der Waals surface area contributed by atoms with E-state index < -0.39 is 0 Å². The van der Waals surface area contributed by atoms with E-state index in [4.69, 9.17) is 9.47 Å². The Hall–Kier alpha value is -3.42. The molecule has 25 heavy (non-hydrogen) atoms. The van der Waals surface area contributed by atoms with E-state index in [1.807, 2.05) is 31.3 Å². The predicted molar refractivity (Wildman–Crippen MR) is 94.7 cm³/mol. The van der Waals surface area contributed by atoms with E-state index in [-0.39, 0.29) is 0 Å². The van der Waals surface area contributed by atoms with E-state index in [1.54, 1.807) is 37.4 Å². The van der Waals surface area contributed by atoms with E-state index in [9.17, 15) is 0 Å². The Labute approximate surface area is 145 Å². The van der Waals surface area contributed by atoms with Crippen molar-refractivity contribution in [1.29, 1.82) is 0 Å². The van der Waals surface area contributed by atoms with Crippen molar-refractivity contribution in [2.45, 2.75) is 6.92 Å². The lowest BCUT2D eigenvalue weighted by atomic mass is 10.2. The molecular weight excluding hydrogens is 320 g/mol. The molecule has 0 bridgehead atoms. The van der Waals surface area contributed by atoms with E-state index in [0.717, 1.165) is 11.1 Å². The fraction of sp³-hybridized carbons (Fsp3) is 0.176. The Morgan fingerprint density at radius 2 is 1.96 bits per heavy atom. The van der Waals surface area contributed by atoms with Crippen LogP contribution in [0.25, 0.3) is 5.82 Å². The first-order chi connectivity index (χ1) is 12.2. The molecule has 0 aliphatic rings. The summed E-state index contributed by atoms with van der Waals surface area (Å²) in [7, 11) is 3.19. The number of rotatable bonds is 6. The molecule has 1 N–H and O–H groups in total. The van der Waals surface area contributed by atoms with Gasteiger partial charge in [-0.1, -0.05) is 0 Å². The van der Waals surface area contributed by atoms with Crippen LogP contribution in [0.5, 0.6) is 11.5 Å². The van der Waals surface area contributed by atoms with Crippen LogP contribution in [0.1, 0.15) is 11.1 Å². The van der Waals surface area contributed by atoms with Crippen molar-refractivity contribution in [2.24, 2.45) is 5.10 Å². The summed E-state index contributed by atoms with van der Waals surface area (Å²) in [5, 5.41) is 8.42. The Morgan fingerprint density at radius 3 is 2.68 bits per heavy atom. The molecule has 0 unspecified atom stereocenters. The molecular formula is C17H18N6O2. The van der Waals surface area contributed by atoms with Gasteiger partial charge in [-0.15, -0.1) is 0 Å². The number of nitrogens with one attached hydrogen (secondary N) is 1. The summed E-state index contributed by atoms with van der Waals surface area (Å²) < 4.78 is 12.2. The molecule has 0 aliphatic carbocycles. The summed E-state index contributed by atoms with van der Waals surface area (Å²) in [4.78, 5) is 8.34. The number of hydrogen-bond acceptors (Lipinski definition) is 7. The molecule has 8 nitrogen and oxygen atoms in total. The second-order valence-electron chi connectivity index (χ2n) is 5.21. The SMILES string of the molecule is COc1ccc(/C=N/Nc2cc(-n3cc(C)cn3)ncn2)cc1OC. The molecule has 128 valence electrons. The maximum atomic E-state index is 5.27. The number of benzene rings is 1. The molecule has 8 heteroatoms. The minimum atomic E-state index is 0.565. The molecule has 3 aromatic rings. The number of nitrogens with zero attached hydrogens (tertiary/aromatic N) is 5. The van der Waals surface area contributed by atoms with Gasteiger partial charge in [0, 0.05) is 12.3 Å². The van der Waals surface area contributed by atoms with Crippen molar-refractivity contribution < 1.29 is 9.47 Å². The minimum Gasteiger partial charge on any atom is -0.493 e. The zero-order valence-corrected chi connectivity index (χ0v) is 14.2. The number of ether oxygens (including phenoxy) is 2. The predicted octanol–water partition coefficient (Wildman–Crippen LogP) is 2.43. The van der Waals surface area contributed by atoms with Gasteiger partial charge in [0.1, 0.15) is 6.33 Å². The van der Waals surface area contributed by atoms with Gasteiger partial charge in [-0.2, -0.15) is 10.2 Å². The maximum Gasteiger partial charge on any atom is 0.161 e. The van der Waals surface area contributed by atoms with E-state index in [0.29, 0.717) is 23.1 Å². The fourth-order valence-corrected chi connectivity index (χ4v) is 2.18. The quantitative estimate of drug-likeness (QED) is 0.549. The standard InChI is InChI=1S/C17H18N6O2/c1-12-8-21-23(10-12)17-7-16(18-11-19-17)22-20-9-13-4-5-14(24-2)15(6-13)25-3/h4-11H,1-3H3,(H,18,19,22)/b20-9+. The first-order valence-corrected chi connectivity index (χ1v) is 7.54. The summed E-state index contributed by atoms with van der Waals surface area (Å²) in [5.41, 5.74) is 4.80. The van der Waals surface area contributed by atoms with Crippen molar-refractivity contribution >= 4 is 12.0 Å². The molecule has 3 rings (SSSR count). The average molecular weight is 338 g/mol. The first kappa shape index (κ1) is 16.4. The number of aromatic nitrogens is 4. The van der Waals surface area contributed by atoms with Crippen molar-refractivity contribution in [3.63, 3.8) is 0 Å². The number of aryl methyl sites for hydroxylation is 1. The lowest BCUT2D eigenvalue weighted by Crippen LogP contribution is -2.01. The third-order valence-electron chi connectivity index (χ3n) is 3.40. The number of methoxy groups -OCH3 is 2. The van der Waals surface area contributed by atoms with Crippen molar-refractivity contribution in [2.75, 3.05) is 19.6 Å². The Morgan fingerprint density at radius 1 is 1.12 bits per heavy atom. The van der Waals surface area contributed by atoms with Gasteiger partial charge >= 0.3 is 0 Å². The molecule has 0 amide bonds. The number of anilines is 1. The van der Waals surface area contributed by atoms with Gasteiger partial charge in [-0.05, 0) is 36.2 Å². The third-order valence-corrected chi connectivity index (χ3v) is 3.40. The summed E-state index contributed by atoms with van der Waals surface area (Å²) in [6, 6.07) is 7.30. The van der Waals surface area contributed by atoms with E-state index >= 15 is 0 Å². The highest BCUT2D eigenvalue weighted by Gasteiger charge is 2.04. The molecule has 0 spiro atoms. The summed E-state index contributed by atoms with van der Waals surface area (Å²) in [6.45, 7) is 1.97. The molecule has 0 saturated heterocycles. The monoisotopic (exact) mass is 338 g/mol. The highest BCUT2D eigenvalue weighted by molar-refractivity contribution is 5.81. The molecule has 0 atom stereocenters. The topological polar surface area (TPSA) is 86.5 Å². The van der Waals surface area contributed by atoms with Gasteiger partial charge in [0.05, 0.1) is 26.6 Å². The zero-order valence-electron chi connectivity index (χ0n) is 14.2. The van der Waals surface area contributed by atoms with E-state index in [2.05, 4.69) is 25.6 Å². The Kier molecular flexibility index (Phi) is 4.89. The number of hydrazone groups is 1. The van der Waals surface area contributed by atoms with Crippen LogP contribution in [0.2, 0.25) is 0 Å². The van der Waals surface area contributed by atoms with Gasteiger partial charge < -0.3 is 9.47 Å². The van der Waals surface area contributed by atoms with Crippen LogP contribution in [0.4, 0.5) is 5.82 Å². The van der Waals surface area contributed by atoms with Gasteiger partial charge in [-0.25, -0.2) is 14.6 Å². The average Bonchev–Trinajstić information content (AvgIpc) is 3.08. The normalized spacial score (nSPS) is 10.8. The number of hydrogen-bond donors (Lipinski definition) is 1. The molecule has 1 aromatic carbocycles. The maximum absolute atomic E-state index is 5.27. The fourth-order valence-electron chi connectivity index (χ4n) is 2.18. The second-order valence-corrected chi connectivity index (χ2v) is 5.21. The first-order valence-electron chi connectivity index (χ1n) is 7.54. The van der Waals surface area contributed by atoms with Crippen molar-refractivity contribution in [3.05, 3.63) is 54.1 Å². The molecule has 0 radical (unpaired) electrons. The largest absolute Gasteiger partial charge is 0.493 e. The van der Waals surface area contributed by atoms with Gasteiger partial charge in [0.25, 0.3) is 0 Å². The molecule has 2 aromatic heterocycles. The smallest absolute Gasteiger partial charge is 0.161 e. The Bertz CT molecular complexity index is 890. The van der Waals surface area contributed by atoms with Crippen molar-refractivity contribution in [3.8, 4) is 17.3 Å². The van der Waals surface area contributed by atoms with Crippen LogP contribution in [0, 0.1) is 6.92 Å². The van der Waals surface area contributed by atoms with Crippen LogP contribution < -0.4 is 14.9 Å². The third kappa shape index (κ3) is 3.92. The highest BCUT2D eigenvalue weighted by Crippen LogP contribution is 2.26. The van der Waals surface area contributed by atoms with Crippen LogP contribution in [0.15, 0.2) is 48.1 Å². The van der Waals surface area contributed by atoms with Gasteiger partial charge in [0.15, 0.2) is 23.1 Å². The van der Waals surface area contributed by atoms with E-state index in [1.165, 1.54) is 6.33 Å². The molecule has 0 aliphatic heterocycles. The van der Waals surface area contributed by atoms with Crippen LogP contribution in [-0.2, 0) is 0 Å². The highest BCUT2D eigenvalue weighted by atomic mass is 16.5. The summed E-state index contributed by atoms with van der Waals surface area (Å²) >= 11 is 0. The zero-order chi connectivity index (χ0) is 17.6. The van der Waals surface area contributed by atoms with Crippen LogP contribution >= 0.6 is 0 Å². The van der Waals surface area contributed by atoms with Gasteiger partial charge in [-0.3, -0.25) is 5.43 Å². The molecule has 0 saturated carbocycles. The molecule has 0 fully saturated rings. The van der Waals surface area contributed by atoms with Crippen molar-refractivity contribution in [1.82, 2.24) is 19.7 Å². The lowest BCUT2D eigenvalue weighted by molar-refractivity contribution is 0.355. The van der Waals surface area contributed by atoms with Crippen LogP contribution in [-0.4, -0.2) is 40.2 Å².